The number of nitrogens with zero attached hydrogens (tertiary/aromatic N) is 3. The molecule has 37 heavy (non-hydrogen) atoms. The van der Waals surface area contributed by atoms with Gasteiger partial charge < -0.3 is 19.4 Å². The molecule has 0 aliphatic carbocycles. The van der Waals surface area contributed by atoms with Crippen molar-refractivity contribution in [2.75, 3.05) is 43.6 Å². The summed E-state index contributed by atoms with van der Waals surface area (Å²) >= 11 is 1.42. The molecule has 1 saturated heterocycles. The van der Waals surface area contributed by atoms with Crippen molar-refractivity contribution in [3.63, 3.8) is 0 Å². The summed E-state index contributed by atoms with van der Waals surface area (Å²) in [5.41, 5.74) is 4.63. The number of carbonyl (C=O) groups is 2. The summed E-state index contributed by atoms with van der Waals surface area (Å²) in [5.74, 6) is 0.613. The average Bonchev–Trinajstić information content (AvgIpc) is 2.92. The number of rotatable bonds is 4. The van der Waals surface area contributed by atoms with E-state index in [9.17, 15) is 9.59 Å². The first-order valence-corrected chi connectivity index (χ1v) is 13.2. The van der Waals surface area contributed by atoms with Crippen LogP contribution in [0.25, 0.3) is 6.08 Å². The fraction of sp³-hybridized carbons (Fsp3) is 0.267. The van der Waals surface area contributed by atoms with Gasteiger partial charge in [-0.25, -0.2) is 0 Å². The maximum absolute atomic E-state index is 13.5. The van der Waals surface area contributed by atoms with Crippen LogP contribution in [0, 0.1) is 6.92 Å². The number of hydrogen-bond donors (Lipinski definition) is 0. The maximum atomic E-state index is 13.5. The van der Waals surface area contributed by atoms with E-state index < -0.39 is 0 Å². The molecule has 2 aliphatic rings. The molecular weight excluding hydrogens is 482 g/mol. The molecule has 7 heteroatoms. The fourth-order valence-corrected chi connectivity index (χ4v) is 5.98. The van der Waals surface area contributed by atoms with Crippen molar-refractivity contribution < 1.29 is 14.3 Å². The largest absolute Gasteiger partial charge is 0.496 e. The number of piperazine rings is 1. The van der Waals surface area contributed by atoms with Gasteiger partial charge in [0.05, 0.1) is 17.7 Å². The molecule has 0 bridgehead atoms. The highest BCUT2D eigenvalue weighted by atomic mass is 32.2. The Morgan fingerprint density at radius 1 is 1.05 bits per heavy atom. The van der Waals surface area contributed by atoms with Crippen LogP contribution in [0.3, 0.4) is 0 Å². The van der Waals surface area contributed by atoms with Crippen LogP contribution in [0.5, 0.6) is 5.75 Å². The van der Waals surface area contributed by atoms with Crippen LogP contribution in [0.15, 0.2) is 76.5 Å². The summed E-state index contributed by atoms with van der Waals surface area (Å²) in [7, 11) is 3.38. The van der Waals surface area contributed by atoms with Crippen LogP contribution in [0.4, 0.5) is 11.4 Å². The quantitative estimate of drug-likeness (QED) is 0.434. The third kappa shape index (κ3) is 4.96. The van der Waals surface area contributed by atoms with Gasteiger partial charge in [0.2, 0.25) is 0 Å². The van der Waals surface area contributed by atoms with Crippen LogP contribution >= 0.6 is 11.8 Å². The van der Waals surface area contributed by atoms with Crippen molar-refractivity contribution in [1.82, 2.24) is 4.90 Å². The molecule has 0 spiro atoms. The number of ether oxygens (including phenoxy) is 1. The third-order valence-corrected chi connectivity index (χ3v) is 8.09. The van der Waals surface area contributed by atoms with Crippen molar-refractivity contribution in [3.8, 4) is 5.75 Å². The van der Waals surface area contributed by atoms with Gasteiger partial charge in [0.25, 0.3) is 11.8 Å². The minimum atomic E-state index is -0.103. The lowest BCUT2D eigenvalue weighted by molar-refractivity contribution is -0.114. The highest BCUT2D eigenvalue weighted by Gasteiger charge is 2.30. The molecule has 0 saturated carbocycles. The summed E-state index contributed by atoms with van der Waals surface area (Å²) in [6.45, 7) is 6.34. The second kappa shape index (κ2) is 10.3. The van der Waals surface area contributed by atoms with Gasteiger partial charge in [-0.05, 0) is 56.3 Å². The number of hydrogen-bond acceptors (Lipinski definition) is 5. The van der Waals surface area contributed by atoms with Crippen LogP contribution in [-0.4, -0.2) is 56.5 Å². The second-order valence-electron chi connectivity index (χ2n) is 9.53. The zero-order valence-electron chi connectivity index (χ0n) is 21.6. The summed E-state index contributed by atoms with van der Waals surface area (Å²) in [6, 6.07) is 22.0. The lowest BCUT2D eigenvalue weighted by atomic mass is 10.1. The van der Waals surface area contributed by atoms with Crippen molar-refractivity contribution in [1.29, 1.82) is 0 Å². The molecule has 2 aliphatic heterocycles. The molecule has 1 atom stereocenters. The highest BCUT2D eigenvalue weighted by Crippen LogP contribution is 2.42. The first-order chi connectivity index (χ1) is 17.9. The van der Waals surface area contributed by atoms with E-state index in [0.717, 1.165) is 28.4 Å². The zero-order chi connectivity index (χ0) is 26.1. The highest BCUT2D eigenvalue weighted by molar-refractivity contribution is 8.04. The molecular formula is C30H31N3O3S. The Hall–Kier alpha value is -3.71. The van der Waals surface area contributed by atoms with Gasteiger partial charge in [-0.3, -0.25) is 9.59 Å². The Morgan fingerprint density at radius 3 is 2.54 bits per heavy atom. The van der Waals surface area contributed by atoms with E-state index in [1.807, 2.05) is 53.4 Å². The summed E-state index contributed by atoms with van der Waals surface area (Å²) < 4.78 is 5.44. The number of para-hydroxylation sites is 1. The number of fused-ring (bicyclic) bond motifs is 1. The molecule has 2 heterocycles. The van der Waals surface area contributed by atoms with Crippen LogP contribution in [0.1, 0.15) is 28.4 Å². The molecule has 3 aromatic carbocycles. The summed E-state index contributed by atoms with van der Waals surface area (Å²) in [5, 5.41) is 0. The van der Waals surface area contributed by atoms with Crippen molar-refractivity contribution in [2.24, 2.45) is 0 Å². The number of methoxy groups -OCH3 is 1. The number of likely N-dealkylation sites (N-methyl/N-ethyl adjacent to an activating group) is 1. The molecule has 190 valence electrons. The average molecular weight is 514 g/mol. The van der Waals surface area contributed by atoms with Gasteiger partial charge in [-0.1, -0.05) is 47.7 Å². The minimum Gasteiger partial charge on any atom is -0.496 e. The molecule has 3 aromatic rings. The number of anilines is 2. The van der Waals surface area contributed by atoms with Crippen LogP contribution in [0.2, 0.25) is 0 Å². The molecule has 1 fully saturated rings. The SMILES string of the molecule is COc1ccccc1/C=C1\Sc2ccc(C(=O)N3CCN(c4ccc(C)cc4)[C@H](C)C3)cc2N(C)C1=O. The molecule has 2 amide bonds. The number of thioether (sulfide) groups is 1. The molecule has 6 nitrogen and oxygen atoms in total. The van der Waals surface area contributed by atoms with E-state index in [-0.39, 0.29) is 17.9 Å². The second-order valence-corrected chi connectivity index (χ2v) is 10.6. The monoisotopic (exact) mass is 513 g/mol. The Morgan fingerprint density at radius 2 is 1.81 bits per heavy atom. The standard InChI is InChI=1S/C30H31N3O3S/c1-20-9-12-24(13-10-20)33-16-15-32(19-21(33)2)29(34)23-11-14-27-25(17-23)31(3)30(35)28(37-27)18-22-7-5-6-8-26(22)36-4/h5-14,17-18,21H,15-16,19H2,1-4H3/b28-18-/t21-/m1/s1. The Balaban J connectivity index is 1.33. The normalized spacial score (nSPS) is 18.7. The van der Waals surface area contributed by atoms with Crippen LogP contribution in [-0.2, 0) is 4.79 Å². The number of aryl methyl sites for hydroxylation is 1. The lowest BCUT2D eigenvalue weighted by Gasteiger charge is -2.41. The Kier molecular flexibility index (Phi) is 6.98. The van der Waals surface area contributed by atoms with E-state index in [0.29, 0.717) is 23.6 Å². The third-order valence-electron chi connectivity index (χ3n) is 7.01. The predicted molar refractivity (Wildman–Crippen MR) is 151 cm³/mol. The molecule has 0 N–H and O–H groups in total. The summed E-state index contributed by atoms with van der Waals surface area (Å²) in [4.78, 5) is 34.1. The van der Waals surface area contributed by atoms with Gasteiger partial charge >= 0.3 is 0 Å². The van der Waals surface area contributed by atoms with E-state index in [4.69, 9.17) is 4.74 Å². The Bertz CT molecular complexity index is 1370. The first-order valence-electron chi connectivity index (χ1n) is 12.4. The number of benzene rings is 3. The van der Waals surface area contributed by atoms with Crippen molar-refractivity contribution >= 4 is 41.0 Å². The molecule has 0 aromatic heterocycles. The Labute approximate surface area is 222 Å². The van der Waals surface area contributed by atoms with Gasteiger partial charge in [-0.15, -0.1) is 0 Å². The number of amides is 2. The van der Waals surface area contributed by atoms with Crippen LogP contribution < -0.4 is 14.5 Å². The number of carbonyl (C=O) groups excluding carboxylic acids is 2. The molecule has 0 radical (unpaired) electrons. The van der Waals surface area contributed by atoms with Gasteiger partial charge in [0.15, 0.2) is 0 Å². The maximum Gasteiger partial charge on any atom is 0.264 e. The topological polar surface area (TPSA) is 53.1 Å². The van der Waals surface area contributed by atoms with Gasteiger partial charge in [-0.2, -0.15) is 0 Å². The lowest BCUT2D eigenvalue weighted by Crippen LogP contribution is -2.53. The minimum absolute atomic E-state index is 0.000541. The van der Waals surface area contributed by atoms with Gasteiger partial charge in [0.1, 0.15) is 5.75 Å². The zero-order valence-corrected chi connectivity index (χ0v) is 22.4. The first kappa shape index (κ1) is 25.0. The van der Waals surface area contributed by atoms with E-state index in [2.05, 4.69) is 43.0 Å². The van der Waals surface area contributed by atoms with Crippen molar-refractivity contribution in [3.05, 3.63) is 88.3 Å². The van der Waals surface area contributed by atoms with Crippen molar-refractivity contribution in [2.45, 2.75) is 24.8 Å². The summed E-state index contributed by atoms with van der Waals surface area (Å²) in [6.07, 6.45) is 1.86. The van der Waals surface area contributed by atoms with Gasteiger partial charge in [0, 0.05) is 54.4 Å². The van der Waals surface area contributed by atoms with E-state index in [1.54, 1.807) is 19.1 Å². The van der Waals surface area contributed by atoms with E-state index in [1.165, 1.54) is 23.0 Å². The predicted octanol–water partition coefficient (Wildman–Crippen LogP) is 5.46. The fourth-order valence-electron chi connectivity index (χ4n) is 4.90. The van der Waals surface area contributed by atoms with E-state index >= 15 is 0 Å². The molecule has 0 unspecified atom stereocenters. The molecule has 5 rings (SSSR count). The smallest absolute Gasteiger partial charge is 0.264 e.